The lowest BCUT2D eigenvalue weighted by Gasteiger charge is -2.41. The number of aromatic nitrogens is 4. The average Bonchev–Trinajstić information content (AvgIpc) is 3.02. The number of thioether (sulfide) groups is 1. The van der Waals surface area contributed by atoms with Crippen molar-refractivity contribution < 1.29 is 9.50 Å². The first-order valence-corrected chi connectivity index (χ1v) is 9.76. The molecule has 4 rings (SSSR count). The molecule has 11 heteroatoms. The highest BCUT2D eigenvalue weighted by atomic mass is 35.5. The summed E-state index contributed by atoms with van der Waals surface area (Å²) in [7, 11) is 0. The molecule has 0 bridgehead atoms. The Morgan fingerprint density at radius 1 is 1.36 bits per heavy atom. The Kier molecular flexibility index (Phi) is 5.79. The number of nitrogens with two attached hydrogens (primary N) is 1. The number of hydrogen-bond acceptors (Lipinski definition) is 9. The smallest absolute Gasteiger partial charge is 0.225 e. The molecule has 2 aliphatic heterocycles. The van der Waals surface area contributed by atoms with Gasteiger partial charge in [0, 0.05) is 37.2 Å². The highest BCUT2D eigenvalue weighted by molar-refractivity contribution is 7.99. The topological polar surface area (TPSA) is 113 Å². The zero-order valence-corrected chi connectivity index (χ0v) is 17.2. The molecule has 0 radical (unpaired) electrons. The van der Waals surface area contributed by atoms with Crippen LogP contribution in [0.15, 0.2) is 24.8 Å². The minimum Gasteiger partial charge on any atom is -0.384 e. The third-order valence-corrected chi connectivity index (χ3v) is 6.14. The fourth-order valence-electron chi connectivity index (χ4n) is 3.78. The van der Waals surface area contributed by atoms with Crippen LogP contribution < -0.4 is 16.0 Å². The maximum Gasteiger partial charge on any atom is 0.225 e. The fourth-order valence-corrected chi connectivity index (χ4v) is 4.90. The molecular formula is C17H23ClFN7OS. The van der Waals surface area contributed by atoms with Crippen molar-refractivity contribution in [3.63, 3.8) is 0 Å². The predicted molar refractivity (Wildman–Crippen MR) is 107 cm³/mol. The molecule has 1 unspecified atom stereocenters. The molecular weight excluding hydrogens is 405 g/mol. The summed E-state index contributed by atoms with van der Waals surface area (Å²) in [5.74, 6) is 0.813. The first kappa shape index (κ1) is 21.1. The summed E-state index contributed by atoms with van der Waals surface area (Å²) in [6.45, 7) is 4.20. The van der Waals surface area contributed by atoms with Crippen molar-refractivity contribution in [1.29, 1.82) is 0 Å². The Hall–Kier alpha value is -1.59. The van der Waals surface area contributed by atoms with Gasteiger partial charge in [-0.05, 0) is 13.8 Å². The van der Waals surface area contributed by atoms with Crippen molar-refractivity contribution in [2.45, 2.75) is 30.5 Å². The summed E-state index contributed by atoms with van der Waals surface area (Å²) in [5, 5.41) is 13.7. The molecule has 152 valence electrons. The fraction of sp³-hybridized carbons (Fsp3) is 0.529. The molecule has 2 fully saturated rings. The van der Waals surface area contributed by atoms with E-state index >= 15 is 0 Å². The van der Waals surface area contributed by atoms with Gasteiger partial charge in [0.25, 0.3) is 0 Å². The molecule has 2 aromatic rings. The van der Waals surface area contributed by atoms with Crippen LogP contribution in [0.25, 0.3) is 0 Å². The number of hydrogen-bond donors (Lipinski definition) is 3. The first-order chi connectivity index (χ1) is 12.8. The minimum atomic E-state index is -1.40. The summed E-state index contributed by atoms with van der Waals surface area (Å²) in [5.41, 5.74) is 4.87. The number of fused-ring (bicyclic) bond motifs is 1. The van der Waals surface area contributed by atoms with Crippen molar-refractivity contribution >= 4 is 30.1 Å². The van der Waals surface area contributed by atoms with E-state index in [9.17, 15) is 9.50 Å². The van der Waals surface area contributed by atoms with Gasteiger partial charge in [0.2, 0.25) is 5.95 Å². The molecule has 0 aromatic carbocycles. The third kappa shape index (κ3) is 3.67. The van der Waals surface area contributed by atoms with E-state index in [-0.39, 0.29) is 29.5 Å². The van der Waals surface area contributed by atoms with Crippen molar-refractivity contribution in [3.8, 4) is 0 Å². The second-order valence-corrected chi connectivity index (χ2v) is 8.64. The lowest BCUT2D eigenvalue weighted by Crippen LogP contribution is -2.59. The first-order valence-electron chi connectivity index (χ1n) is 8.71. The van der Waals surface area contributed by atoms with Crippen LogP contribution in [0.5, 0.6) is 0 Å². The maximum absolute atomic E-state index is 14.1. The van der Waals surface area contributed by atoms with Crippen LogP contribution >= 0.6 is 24.2 Å². The van der Waals surface area contributed by atoms with Gasteiger partial charge in [-0.15, -0.1) is 24.2 Å². The van der Waals surface area contributed by atoms with Gasteiger partial charge in [-0.2, -0.15) is 0 Å². The van der Waals surface area contributed by atoms with E-state index in [1.54, 1.807) is 30.4 Å². The van der Waals surface area contributed by atoms with Crippen LogP contribution in [0.1, 0.15) is 25.2 Å². The van der Waals surface area contributed by atoms with Gasteiger partial charge >= 0.3 is 0 Å². The number of anilines is 1. The molecule has 0 saturated carbocycles. The predicted octanol–water partition coefficient (Wildman–Crippen LogP) is 0.965. The molecule has 0 aliphatic carbocycles. The standard InChI is InChI=1S/C17H22FN7OS.ClH/c1-16(2,26)13-11(18)5-22-15(23-13)25-7-10-8-27-14(19)24-17(10,9-25)12-6-20-3-4-21-12;/h3-6,10,14,24,26H,7-9,19H2,1-2H3;1H/t10-,14?,17-;/m0./s1. The van der Waals surface area contributed by atoms with E-state index in [1.807, 2.05) is 4.90 Å². The molecule has 4 N–H and O–H groups in total. The Bertz CT molecular complexity index is 840. The van der Waals surface area contributed by atoms with Crippen LogP contribution in [-0.2, 0) is 11.1 Å². The van der Waals surface area contributed by atoms with E-state index < -0.39 is 17.0 Å². The molecule has 2 aliphatic rings. The van der Waals surface area contributed by atoms with E-state index in [1.165, 1.54) is 13.8 Å². The van der Waals surface area contributed by atoms with Gasteiger partial charge < -0.3 is 15.7 Å². The SMILES string of the molecule is CC(C)(O)c1nc(N2C[C@H]3CSC(N)N[C@@]3(c3cnccn3)C2)ncc1F.Cl. The zero-order chi connectivity index (χ0) is 19.2. The molecule has 28 heavy (non-hydrogen) atoms. The van der Waals surface area contributed by atoms with Crippen molar-refractivity contribution in [2.75, 3.05) is 23.7 Å². The molecule has 0 spiro atoms. The van der Waals surface area contributed by atoms with Crippen LogP contribution in [0, 0.1) is 11.7 Å². The molecule has 3 atom stereocenters. The Labute approximate surface area is 173 Å². The van der Waals surface area contributed by atoms with Crippen molar-refractivity contribution in [2.24, 2.45) is 11.7 Å². The normalized spacial score (nSPS) is 27.2. The summed E-state index contributed by atoms with van der Waals surface area (Å²) in [4.78, 5) is 19.2. The summed E-state index contributed by atoms with van der Waals surface area (Å²) in [6.07, 6.45) is 6.16. The molecule has 2 saturated heterocycles. The minimum absolute atomic E-state index is 0. The highest BCUT2D eigenvalue weighted by Crippen LogP contribution is 2.43. The summed E-state index contributed by atoms with van der Waals surface area (Å²) < 4.78 is 14.1. The third-order valence-electron chi connectivity index (χ3n) is 5.07. The number of aliphatic hydroxyl groups is 1. The van der Waals surface area contributed by atoms with Gasteiger partial charge in [-0.3, -0.25) is 15.3 Å². The van der Waals surface area contributed by atoms with Crippen LogP contribution in [-0.4, -0.2) is 49.4 Å². The van der Waals surface area contributed by atoms with Crippen LogP contribution in [0.2, 0.25) is 0 Å². The average molecular weight is 428 g/mol. The van der Waals surface area contributed by atoms with E-state index in [4.69, 9.17) is 5.73 Å². The second-order valence-electron chi connectivity index (χ2n) is 7.46. The Morgan fingerprint density at radius 3 is 2.82 bits per heavy atom. The second kappa shape index (κ2) is 7.68. The lowest BCUT2D eigenvalue weighted by molar-refractivity contribution is 0.0693. The van der Waals surface area contributed by atoms with E-state index in [0.717, 1.165) is 17.6 Å². The van der Waals surface area contributed by atoms with E-state index in [2.05, 4.69) is 25.3 Å². The number of halogens is 2. The molecule has 0 amide bonds. The van der Waals surface area contributed by atoms with Gasteiger partial charge in [0.15, 0.2) is 5.82 Å². The number of rotatable bonds is 3. The Morgan fingerprint density at radius 2 is 2.14 bits per heavy atom. The van der Waals surface area contributed by atoms with Crippen molar-refractivity contribution in [1.82, 2.24) is 25.3 Å². The van der Waals surface area contributed by atoms with Gasteiger partial charge in [0.1, 0.15) is 16.8 Å². The quantitative estimate of drug-likeness (QED) is 0.659. The van der Waals surface area contributed by atoms with Crippen LogP contribution in [0.3, 0.4) is 0 Å². The number of nitrogens with zero attached hydrogens (tertiary/aromatic N) is 5. The molecule has 8 nitrogen and oxygen atoms in total. The lowest BCUT2D eigenvalue weighted by atomic mass is 9.85. The Balaban J connectivity index is 0.00000225. The van der Waals surface area contributed by atoms with E-state index in [0.29, 0.717) is 19.0 Å². The van der Waals surface area contributed by atoms with Gasteiger partial charge in [0.05, 0.1) is 23.6 Å². The maximum atomic E-state index is 14.1. The largest absolute Gasteiger partial charge is 0.384 e. The van der Waals surface area contributed by atoms with Gasteiger partial charge in [-0.25, -0.2) is 14.4 Å². The highest BCUT2D eigenvalue weighted by Gasteiger charge is 2.52. The zero-order valence-electron chi connectivity index (χ0n) is 15.5. The van der Waals surface area contributed by atoms with Gasteiger partial charge in [-0.1, -0.05) is 0 Å². The van der Waals surface area contributed by atoms with Crippen LogP contribution in [0.4, 0.5) is 10.3 Å². The number of nitrogens with one attached hydrogen (secondary N) is 1. The monoisotopic (exact) mass is 427 g/mol. The summed E-state index contributed by atoms with van der Waals surface area (Å²) >= 11 is 1.65. The molecule has 4 heterocycles. The van der Waals surface area contributed by atoms with Crippen molar-refractivity contribution in [3.05, 3.63) is 42.0 Å². The summed E-state index contributed by atoms with van der Waals surface area (Å²) in [6, 6.07) is 0. The molecule has 2 aromatic heterocycles.